The lowest BCUT2D eigenvalue weighted by molar-refractivity contribution is 0.234. The van der Waals surface area contributed by atoms with Crippen molar-refractivity contribution in [2.75, 3.05) is 19.8 Å². The van der Waals surface area contributed by atoms with Crippen molar-refractivity contribution in [3.63, 3.8) is 0 Å². The SMILES string of the molecule is CCOc1ccccc1OCCC1CC(C)CCN1. The van der Waals surface area contributed by atoms with E-state index < -0.39 is 0 Å². The van der Waals surface area contributed by atoms with Gasteiger partial charge in [-0.2, -0.15) is 0 Å². The van der Waals surface area contributed by atoms with E-state index >= 15 is 0 Å². The smallest absolute Gasteiger partial charge is 0.161 e. The maximum atomic E-state index is 5.86. The molecule has 2 atom stereocenters. The van der Waals surface area contributed by atoms with Crippen molar-refractivity contribution < 1.29 is 9.47 Å². The average molecular weight is 263 g/mol. The van der Waals surface area contributed by atoms with Crippen LogP contribution in [-0.2, 0) is 0 Å². The predicted octanol–water partition coefficient (Wildman–Crippen LogP) is 3.24. The largest absolute Gasteiger partial charge is 0.490 e. The number of piperidine rings is 1. The van der Waals surface area contributed by atoms with E-state index in [-0.39, 0.29) is 0 Å². The van der Waals surface area contributed by atoms with Gasteiger partial charge in [-0.05, 0) is 50.8 Å². The minimum Gasteiger partial charge on any atom is -0.490 e. The van der Waals surface area contributed by atoms with Crippen molar-refractivity contribution in [3.05, 3.63) is 24.3 Å². The van der Waals surface area contributed by atoms with E-state index in [2.05, 4.69) is 12.2 Å². The Bertz CT molecular complexity index is 381. The van der Waals surface area contributed by atoms with Crippen molar-refractivity contribution in [3.8, 4) is 11.5 Å². The Labute approximate surface area is 116 Å². The molecule has 1 saturated heterocycles. The molecule has 2 unspecified atom stereocenters. The monoisotopic (exact) mass is 263 g/mol. The maximum Gasteiger partial charge on any atom is 0.161 e. The lowest BCUT2D eigenvalue weighted by Crippen LogP contribution is -2.38. The number of hydrogen-bond acceptors (Lipinski definition) is 3. The van der Waals surface area contributed by atoms with E-state index in [0.29, 0.717) is 12.6 Å². The molecular weight excluding hydrogens is 238 g/mol. The van der Waals surface area contributed by atoms with Crippen LogP contribution in [0.4, 0.5) is 0 Å². The molecule has 1 aliphatic rings. The highest BCUT2D eigenvalue weighted by atomic mass is 16.5. The third-order valence-corrected chi connectivity index (χ3v) is 3.63. The van der Waals surface area contributed by atoms with E-state index in [1.165, 1.54) is 12.8 Å². The summed E-state index contributed by atoms with van der Waals surface area (Å²) in [5.41, 5.74) is 0. The van der Waals surface area contributed by atoms with Crippen molar-refractivity contribution in [2.45, 2.75) is 39.2 Å². The van der Waals surface area contributed by atoms with Crippen molar-refractivity contribution in [1.82, 2.24) is 5.32 Å². The van der Waals surface area contributed by atoms with Gasteiger partial charge < -0.3 is 14.8 Å². The van der Waals surface area contributed by atoms with E-state index in [4.69, 9.17) is 9.47 Å². The first-order chi connectivity index (χ1) is 9.29. The summed E-state index contributed by atoms with van der Waals surface area (Å²) in [6.07, 6.45) is 3.62. The topological polar surface area (TPSA) is 30.5 Å². The first kappa shape index (κ1) is 14.2. The zero-order valence-electron chi connectivity index (χ0n) is 12.0. The molecule has 3 heteroatoms. The van der Waals surface area contributed by atoms with Gasteiger partial charge in [0.2, 0.25) is 0 Å². The maximum absolute atomic E-state index is 5.86. The summed E-state index contributed by atoms with van der Waals surface area (Å²) >= 11 is 0. The molecule has 3 nitrogen and oxygen atoms in total. The Morgan fingerprint density at radius 1 is 1.21 bits per heavy atom. The number of ether oxygens (including phenoxy) is 2. The van der Waals surface area contributed by atoms with Gasteiger partial charge in [0.25, 0.3) is 0 Å². The molecule has 0 bridgehead atoms. The van der Waals surface area contributed by atoms with Gasteiger partial charge in [-0.3, -0.25) is 0 Å². The fraction of sp³-hybridized carbons (Fsp3) is 0.625. The van der Waals surface area contributed by atoms with Crippen LogP contribution < -0.4 is 14.8 Å². The van der Waals surface area contributed by atoms with Crippen LogP contribution in [-0.4, -0.2) is 25.8 Å². The molecule has 1 heterocycles. The molecule has 19 heavy (non-hydrogen) atoms. The summed E-state index contributed by atoms with van der Waals surface area (Å²) in [5, 5.41) is 3.56. The standard InChI is InChI=1S/C16H25NO2/c1-3-18-15-6-4-5-7-16(15)19-11-9-14-12-13(2)8-10-17-14/h4-7,13-14,17H,3,8-12H2,1-2H3. The van der Waals surface area contributed by atoms with Gasteiger partial charge in [0.15, 0.2) is 11.5 Å². The van der Waals surface area contributed by atoms with E-state index in [1.54, 1.807) is 0 Å². The third-order valence-electron chi connectivity index (χ3n) is 3.63. The van der Waals surface area contributed by atoms with Crippen LogP contribution in [0, 0.1) is 5.92 Å². The Kier molecular flexibility index (Phi) is 5.52. The van der Waals surface area contributed by atoms with Gasteiger partial charge >= 0.3 is 0 Å². The van der Waals surface area contributed by atoms with Crippen LogP contribution >= 0.6 is 0 Å². The van der Waals surface area contributed by atoms with Gasteiger partial charge in [0.05, 0.1) is 13.2 Å². The minimum absolute atomic E-state index is 0.600. The lowest BCUT2D eigenvalue weighted by Gasteiger charge is -2.28. The molecule has 0 aliphatic carbocycles. The van der Waals surface area contributed by atoms with Gasteiger partial charge in [-0.15, -0.1) is 0 Å². The molecule has 1 N–H and O–H groups in total. The first-order valence-electron chi connectivity index (χ1n) is 7.37. The highest BCUT2D eigenvalue weighted by Crippen LogP contribution is 2.26. The highest BCUT2D eigenvalue weighted by molar-refractivity contribution is 5.39. The normalized spacial score (nSPS) is 23.1. The van der Waals surface area contributed by atoms with Gasteiger partial charge in [-0.1, -0.05) is 19.1 Å². The fourth-order valence-electron chi connectivity index (χ4n) is 2.60. The summed E-state index contributed by atoms with van der Waals surface area (Å²) in [6, 6.07) is 8.49. The second-order valence-corrected chi connectivity index (χ2v) is 5.30. The molecule has 0 aromatic heterocycles. The van der Waals surface area contributed by atoms with Gasteiger partial charge in [-0.25, -0.2) is 0 Å². The molecular formula is C16H25NO2. The second-order valence-electron chi connectivity index (χ2n) is 5.30. The molecule has 0 spiro atoms. The Morgan fingerprint density at radius 3 is 2.63 bits per heavy atom. The quantitative estimate of drug-likeness (QED) is 0.854. The predicted molar refractivity (Wildman–Crippen MR) is 77.9 cm³/mol. The van der Waals surface area contributed by atoms with E-state index in [1.807, 2.05) is 31.2 Å². The fourth-order valence-corrected chi connectivity index (χ4v) is 2.60. The first-order valence-corrected chi connectivity index (χ1v) is 7.37. The second kappa shape index (κ2) is 7.39. The molecule has 0 saturated carbocycles. The summed E-state index contributed by atoms with van der Waals surface area (Å²) in [6.45, 7) is 6.88. The minimum atomic E-state index is 0.600. The van der Waals surface area contributed by atoms with Crippen molar-refractivity contribution >= 4 is 0 Å². The number of hydrogen-bond donors (Lipinski definition) is 1. The van der Waals surface area contributed by atoms with Crippen LogP contribution in [0.1, 0.15) is 33.1 Å². The van der Waals surface area contributed by atoms with Gasteiger partial charge in [0.1, 0.15) is 0 Å². The number of para-hydroxylation sites is 2. The van der Waals surface area contributed by atoms with Crippen LogP contribution in [0.3, 0.4) is 0 Å². The molecule has 1 aromatic carbocycles. The number of rotatable bonds is 6. The molecule has 0 radical (unpaired) electrons. The van der Waals surface area contributed by atoms with Crippen LogP contribution in [0.15, 0.2) is 24.3 Å². The van der Waals surface area contributed by atoms with Crippen LogP contribution in [0.5, 0.6) is 11.5 Å². The van der Waals surface area contributed by atoms with Gasteiger partial charge in [0, 0.05) is 6.04 Å². The molecule has 2 rings (SSSR count). The van der Waals surface area contributed by atoms with Crippen LogP contribution in [0.2, 0.25) is 0 Å². The summed E-state index contributed by atoms with van der Waals surface area (Å²) in [7, 11) is 0. The Morgan fingerprint density at radius 2 is 1.95 bits per heavy atom. The lowest BCUT2D eigenvalue weighted by atomic mass is 9.93. The summed E-state index contributed by atoms with van der Waals surface area (Å²) in [5.74, 6) is 2.53. The number of benzene rings is 1. The summed E-state index contributed by atoms with van der Waals surface area (Å²) in [4.78, 5) is 0. The van der Waals surface area contributed by atoms with Crippen molar-refractivity contribution in [1.29, 1.82) is 0 Å². The van der Waals surface area contributed by atoms with Crippen LogP contribution in [0.25, 0.3) is 0 Å². The molecule has 1 fully saturated rings. The Balaban J connectivity index is 1.78. The Hall–Kier alpha value is -1.22. The van der Waals surface area contributed by atoms with Crippen molar-refractivity contribution in [2.24, 2.45) is 5.92 Å². The molecule has 0 amide bonds. The summed E-state index contributed by atoms with van der Waals surface area (Å²) < 4.78 is 11.4. The molecule has 1 aliphatic heterocycles. The molecule has 1 aromatic rings. The zero-order chi connectivity index (χ0) is 13.5. The molecule has 106 valence electrons. The third kappa shape index (κ3) is 4.43. The number of nitrogens with one attached hydrogen (secondary N) is 1. The zero-order valence-corrected chi connectivity index (χ0v) is 12.0. The highest BCUT2D eigenvalue weighted by Gasteiger charge is 2.18. The average Bonchev–Trinajstić information content (AvgIpc) is 2.41. The van der Waals surface area contributed by atoms with E-state index in [0.717, 1.165) is 37.0 Å². The van der Waals surface area contributed by atoms with E-state index in [9.17, 15) is 0 Å².